The van der Waals surface area contributed by atoms with Crippen LogP contribution in [0.1, 0.15) is 38.3 Å². The molecule has 1 saturated carbocycles. The maximum atomic E-state index is 11.3. The van der Waals surface area contributed by atoms with Crippen molar-refractivity contribution in [3.63, 3.8) is 0 Å². The zero-order valence-electron chi connectivity index (χ0n) is 12.1. The van der Waals surface area contributed by atoms with Gasteiger partial charge in [-0.25, -0.2) is 4.98 Å². The molecule has 0 amide bonds. The predicted octanol–water partition coefficient (Wildman–Crippen LogP) is 2.62. The number of aryl methyl sites for hydroxylation is 1. The summed E-state index contributed by atoms with van der Waals surface area (Å²) in [5, 5.41) is 6.35. The van der Waals surface area contributed by atoms with Crippen molar-refractivity contribution in [3.05, 3.63) is 11.1 Å². The van der Waals surface area contributed by atoms with Gasteiger partial charge in [0.2, 0.25) is 0 Å². The Morgan fingerprint density at radius 3 is 3.15 bits per heavy atom. The van der Waals surface area contributed by atoms with Crippen LogP contribution in [0.5, 0.6) is 0 Å². The molecule has 0 spiro atoms. The van der Waals surface area contributed by atoms with E-state index in [1.165, 1.54) is 6.42 Å². The highest BCUT2D eigenvalue weighted by Gasteiger charge is 2.27. The summed E-state index contributed by atoms with van der Waals surface area (Å²) in [7, 11) is 1.76. The van der Waals surface area contributed by atoms with Crippen LogP contribution in [-0.4, -0.2) is 36.8 Å². The molecule has 6 heteroatoms. The molecule has 1 aromatic heterocycles. The largest absolute Gasteiger partial charge is 0.466 e. The average molecular weight is 298 g/mol. The number of nitrogens with zero attached hydrogens (tertiary/aromatic N) is 1. The topological polar surface area (TPSA) is 60.5 Å². The first-order valence-corrected chi connectivity index (χ1v) is 8.00. The van der Waals surface area contributed by atoms with Crippen LogP contribution >= 0.6 is 11.3 Å². The van der Waals surface area contributed by atoms with Gasteiger partial charge in [0.1, 0.15) is 0 Å². The molecule has 1 N–H and O–H groups in total. The first-order chi connectivity index (χ1) is 9.72. The lowest BCUT2D eigenvalue weighted by Crippen LogP contribution is -2.29. The second kappa shape index (κ2) is 7.59. The molecule has 112 valence electrons. The van der Waals surface area contributed by atoms with Crippen molar-refractivity contribution in [2.75, 3.05) is 19.0 Å². The molecule has 1 aromatic rings. The van der Waals surface area contributed by atoms with Crippen molar-refractivity contribution in [2.24, 2.45) is 0 Å². The Morgan fingerprint density at radius 2 is 2.40 bits per heavy atom. The summed E-state index contributed by atoms with van der Waals surface area (Å²) < 4.78 is 10.4. The number of hydrogen-bond donors (Lipinski definition) is 1. The highest BCUT2D eigenvalue weighted by atomic mass is 32.1. The van der Waals surface area contributed by atoms with Gasteiger partial charge in [-0.05, 0) is 26.2 Å². The van der Waals surface area contributed by atoms with Crippen LogP contribution in [0, 0.1) is 0 Å². The number of esters is 1. The van der Waals surface area contributed by atoms with E-state index in [0.29, 0.717) is 25.5 Å². The molecular weight excluding hydrogens is 276 g/mol. The quantitative estimate of drug-likeness (QED) is 0.784. The van der Waals surface area contributed by atoms with Crippen LogP contribution in [0.25, 0.3) is 0 Å². The molecule has 0 bridgehead atoms. The summed E-state index contributed by atoms with van der Waals surface area (Å²) in [5.74, 6) is -0.162. The van der Waals surface area contributed by atoms with Gasteiger partial charge in [-0.15, -0.1) is 11.3 Å². The lowest BCUT2D eigenvalue weighted by Gasteiger charge is -2.18. The normalized spacial score (nSPS) is 21.9. The molecule has 0 radical (unpaired) electrons. The van der Waals surface area contributed by atoms with E-state index >= 15 is 0 Å². The van der Waals surface area contributed by atoms with E-state index in [9.17, 15) is 4.79 Å². The third-order valence-corrected chi connectivity index (χ3v) is 4.33. The summed E-state index contributed by atoms with van der Waals surface area (Å²) in [6.07, 6.45) is 4.72. The van der Waals surface area contributed by atoms with E-state index in [1.54, 1.807) is 18.4 Å². The minimum absolute atomic E-state index is 0.162. The number of carbonyl (C=O) groups is 1. The number of nitrogens with one attached hydrogen (secondary N) is 1. The number of rotatable bonds is 7. The van der Waals surface area contributed by atoms with E-state index in [2.05, 4.69) is 10.3 Å². The van der Waals surface area contributed by atoms with Crippen molar-refractivity contribution in [2.45, 2.75) is 51.2 Å². The number of anilines is 1. The van der Waals surface area contributed by atoms with Crippen LogP contribution in [0.4, 0.5) is 5.13 Å². The Balaban J connectivity index is 1.81. The van der Waals surface area contributed by atoms with E-state index in [-0.39, 0.29) is 12.1 Å². The van der Waals surface area contributed by atoms with Gasteiger partial charge in [-0.2, -0.15) is 0 Å². The van der Waals surface area contributed by atoms with Gasteiger partial charge in [-0.1, -0.05) is 0 Å². The number of hydrogen-bond acceptors (Lipinski definition) is 6. The standard InChI is InChI=1S/C14H22N2O3S/c1-3-19-13(17)8-7-10-9-20-14(15-10)16-11-5-4-6-12(11)18-2/h9,11-12H,3-8H2,1-2H3,(H,15,16). The predicted molar refractivity (Wildman–Crippen MR) is 79.1 cm³/mol. The summed E-state index contributed by atoms with van der Waals surface area (Å²) in [6, 6.07) is 0.351. The Hall–Kier alpha value is -1.14. The molecule has 2 unspecified atom stereocenters. The molecule has 2 atom stereocenters. The monoisotopic (exact) mass is 298 g/mol. The number of thiazole rings is 1. The van der Waals surface area contributed by atoms with Crippen LogP contribution in [-0.2, 0) is 20.7 Å². The summed E-state index contributed by atoms with van der Waals surface area (Å²) in [6.45, 7) is 2.25. The fourth-order valence-electron chi connectivity index (χ4n) is 2.48. The second-order valence-electron chi connectivity index (χ2n) is 4.90. The lowest BCUT2D eigenvalue weighted by molar-refractivity contribution is -0.143. The molecular formula is C14H22N2O3S. The second-order valence-corrected chi connectivity index (χ2v) is 5.76. The van der Waals surface area contributed by atoms with Crippen LogP contribution in [0.3, 0.4) is 0 Å². The molecule has 5 nitrogen and oxygen atoms in total. The number of carbonyl (C=O) groups excluding carboxylic acids is 1. The molecule has 1 aliphatic carbocycles. The maximum Gasteiger partial charge on any atom is 0.306 e. The lowest BCUT2D eigenvalue weighted by atomic mass is 10.2. The third-order valence-electron chi connectivity index (χ3n) is 3.51. The highest BCUT2D eigenvalue weighted by molar-refractivity contribution is 7.13. The van der Waals surface area contributed by atoms with Gasteiger partial charge in [-0.3, -0.25) is 4.79 Å². The number of methoxy groups -OCH3 is 1. The van der Waals surface area contributed by atoms with Crippen molar-refractivity contribution >= 4 is 22.4 Å². The van der Waals surface area contributed by atoms with Gasteiger partial charge >= 0.3 is 5.97 Å². The van der Waals surface area contributed by atoms with Crippen LogP contribution in [0.15, 0.2) is 5.38 Å². The Bertz CT molecular complexity index is 436. The Kier molecular flexibility index (Phi) is 5.79. The first-order valence-electron chi connectivity index (χ1n) is 7.12. The van der Waals surface area contributed by atoms with Gasteiger partial charge in [0.05, 0.1) is 30.9 Å². The molecule has 1 heterocycles. The molecule has 1 aliphatic rings. The molecule has 0 aromatic carbocycles. The first kappa shape index (κ1) is 15.3. The fourth-order valence-corrected chi connectivity index (χ4v) is 3.29. The molecule has 2 rings (SSSR count). The summed E-state index contributed by atoms with van der Waals surface area (Å²) in [4.78, 5) is 15.8. The van der Waals surface area contributed by atoms with Gasteiger partial charge < -0.3 is 14.8 Å². The van der Waals surface area contributed by atoms with Crippen molar-refractivity contribution in [1.82, 2.24) is 4.98 Å². The Morgan fingerprint density at radius 1 is 1.55 bits per heavy atom. The zero-order chi connectivity index (χ0) is 14.4. The minimum Gasteiger partial charge on any atom is -0.466 e. The van der Waals surface area contributed by atoms with Crippen molar-refractivity contribution in [1.29, 1.82) is 0 Å². The third kappa shape index (κ3) is 4.18. The Labute approximate surface area is 123 Å². The number of ether oxygens (including phenoxy) is 2. The van der Waals surface area contributed by atoms with Crippen molar-refractivity contribution in [3.8, 4) is 0 Å². The zero-order valence-corrected chi connectivity index (χ0v) is 12.9. The average Bonchev–Trinajstić information content (AvgIpc) is 3.06. The highest BCUT2D eigenvalue weighted by Crippen LogP contribution is 2.26. The van der Waals surface area contributed by atoms with Gasteiger partial charge in [0.15, 0.2) is 5.13 Å². The van der Waals surface area contributed by atoms with E-state index < -0.39 is 0 Å². The fraction of sp³-hybridized carbons (Fsp3) is 0.714. The van der Waals surface area contributed by atoms with E-state index in [4.69, 9.17) is 9.47 Å². The summed E-state index contributed by atoms with van der Waals surface area (Å²) >= 11 is 1.58. The maximum absolute atomic E-state index is 11.3. The molecule has 1 fully saturated rings. The van der Waals surface area contributed by atoms with E-state index in [1.807, 2.05) is 12.3 Å². The van der Waals surface area contributed by atoms with Gasteiger partial charge in [0, 0.05) is 18.9 Å². The SMILES string of the molecule is CCOC(=O)CCc1csc(NC2CCCC2OC)n1. The summed E-state index contributed by atoms with van der Waals surface area (Å²) in [5.41, 5.74) is 0.942. The van der Waals surface area contributed by atoms with E-state index in [0.717, 1.165) is 23.7 Å². The molecule has 0 saturated heterocycles. The number of aromatic nitrogens is 1. The van der Waals surface area contributed by atoms with Gasteiger partial charge in [0.25, 0.3) is 0 Å². The van der Waals surface area contributed by atoms with Crippen LogP contribution < -0.4 is 5.32 Å². The molecule has 0 aliphatic heterocycles. The van der Waals surface area contributed by atoms with Crippen molar-refractivity contribution < 1.29 is 14.3 Å². The smallest absolute Gasteiger partial charge is 0.306 e. The van der Waals surface area contributed by atoms with Crippen LogP contribution in [0.2, 0.25) is 0 Å². The molecule has 20 heavy (non-hydrogen) atoms. The minimum atomic E-state index is -0.162.